The van der Waals surface area contributed by atoms with E-state index in [0.717, 1.165) is 27.5 Å². The highest BCUT2D eigenvalue weighted by Crippen LogP contribution is 2.28. The predicted molar refractivity (Wildman–Crippen MR) is 111 cm³/mol. The molecule has 1 N–H and O–H groups in total. The van der Waals surface area contributed by atoms with Crippen LogP contribution in [-0.4, -0.2) is 25.6 Å². The van der Waals surface area contributed by atoms with E-state index in [4.69, 9.17) is 10.1 Å². The van der Waals surface area contributed by atoms with Gasteiger partial charge in [-0.3, -0.25) is 4.98 Å². The molecule has 0 amide bonds. The Bertz CT molecular complexity index is 1140. The third-order valence-corrected chi connectivity index (χ3v) is 5.70. The van der Waals surface area contributed by atoms with Gasteiger partial charge >= 0.3 is 5.97 Å². The molecule has 140 valence electrons. The second kappa shape index (κ2) is 7.86. The van der Waals surface area contributed by atoms with Gasteiger partial charge in [-0.2, -0.15) is 0 Å². The maximum Gasteiger partial charge on any atom is 0.335 e. The van der Waals surface area contributed by atoms with E-state index < -0.39 is 5.97 Å². The van der Waals surface area contributed by atoms with Gasteiger partial charge in [-0.15, -0.1) is 0 Å². The molecule has 0 saturated carbocycles. The molecule has 0 radical (unpaired) electrons. The van der Waals surface area contributed by atoms with E-state index >= 15 is 0 Å². The molecule has 6 heteroatoms. The molecule has 0 aliphatic rings. The first kappa shape index (κ1) is 18.3. The summed E-state index contributed by atoms with van der Waals surface area (Å²) in [5.41, 5.74) is 5.74. The van der Waals surface area contributed by atoms with Crippen LogP contribution < -0.4 is 0 Å². The first-order valence-corrected chi connectivity index (χ1v) is 9.90. The van der Waals surface area contributed by atoms with Crippen LogP contribution in [0.4, 0.5) is 0 Å². The fourth-order valence-electron chi connectivity index (χ4n) is 3.06. The summed E-state index contributed by atoms with van der Waals surface area (Å²) in [4.78, 5) is 20.1. The number of carboxylic acid groups (broad SMARTS) is 1. The summed E-state index contributed by atoms with van der Waals surface area (Å²) < 4.78 is 2.14. The number of nitrogens with zero attached hydrogens (tertiary/aromatic N) is 3. The Labute approximate surface area is 167 Å². The maximum absolute atomic E-state index is 11.1. The topological polar surface area (TPSA) is 68.0 Å². The number of aromatic carboxylic acids is 1. The lowest BCUT2D eigenvalue weighted by Crippen LogP contribution is -2.03. The van der Waals surface area contributed by atoms with Crippen molar-refractivity contribution >= 4 is 28.8 Å². The van der Waals surface area contributed by atoms with E-state index in [1.54, 1.807) is 30.1 Å². The average Bonchev–Trinajstić information content (AvgIpc) is 3.05. The van der Waals surface area contributed by atoms with Crippen LogP contribution >= 0.6 is 11.8 Å². The van der Waals surface area contributed by atoms with Gasteiger partial charge in [0.1, 0.15) is 0 Å². The van der Waals surface area contributed by atoms with Crippen LogP contribution in [-0.2, 0) is 12.3 Å². The second-order valence-corrected chi connectivity index (χ2v) is 7.50. The maximum atomic E-state index is 11.1. The lowest BCUT2D eigenvalue weighted by Gasteiger charge is -2.10. The Morgan fingerprint density at radius 2 is 1.89 bits per heavy atom. The van der Waals surface area contributed by atoms with E-state index in [9.17, 15) is 4.79 Å². The van der Waals surface area contributed by atoms with E-state index in [0.29, 0.717) is 6.54 Å². The molecule has 5 nitrogen and oxygen atoms in total. The number of hydrogen-bond donors (Lipinski definition) is 1. The van der Waals surface area contributed by atoms with Gasteiger partial charge in [0, 0.05) is 11.9 Å². The fraction of sp³-hybridized carbons (Fsp3) is 0.136. The Kier molecular flexibility index (Phi) is 5.12. The molecule has 2 heterocycles. The highest BCUT2D eigenvalue weighted by Gasteiger charge is 2.13. The Hall–Kier alpha value is -3.12. The number of fused-ring (bicyclic) bond motifs is 1. The molecule has 4 rings (SSSR count). The highest BCUT2D eigenvalue weighted by molar-refractivity contribution is 7.98. The van der Waals surface area contributed by atoms with Crippen molar-refractivity contribution in [3.63, 3.8) is 0 Å². The molecule has 0 bridgehead atoms. The molecule has 0 atom stereocenters. The van der Waals surface area contributed by atoms with Crippen molar-refractivity contribution in [2.24, 2.45) is 0 Å². The van der Waals surface area contributed by atoms with Crippen molar-refractivity contribution in [1.82, 2.24) is 14.5 Å². The van der Waals surface area contributed by atoms with Crippen molar-refractivity contribution in [2.75, 3.05) is 0 Å². The molecule has 4 aromatic rings. The lowest BCUT2D eigenvalue weighted by molar-refractivity contribution is 0.0697. The summed E-state index contributed by atoms with van der Waals surface area (Å²) in [5.74, 6) is -0.0835. The summed E-state index contributed by atoms with van der Waals surface area (Å²) >= 11 is 1.70. The van der Waals surface area contributed by atoms with Gasteiger partial charge in [-0.1, -0.05) is 48.2 Å². The molecule has 0 saturated heterocycles. The molecule has 2 aromatic heterocycles. The zero-order chi connectivity index (χ0) is 19.5. The third-order valence-electron chi connectivity index (χ3n) is 4.68. The van der Waals surface area contributed by atoms with Crippen LogP contribution in [0.5, 0.6) is 0 Å². The number of rotatable bonds is 6. The van der Waals surface area contributed by atoms with Crippen LogP contribution in [0.2, 0.25) is 0 Å². The molecule has 0 unspecified atom stereocenters. The Balaban J connectivity index is 1.65. The first-order valence-electron chi connectivity index (χ1n) is 8.91. The lowest BCUT2D eigenvalue weighted by atomic mass is 10.1. The van der Waals surface area contributed by atoms with Crippen molar-refractivity contribution < 1.29 is 9.90 Å². The molecular weight excluding hydrogens is 370 g/mol. The number of hydrogen-bond acceptors (Lipinski definition) is 4. The van der Waals surface area contributed by atoms with Crippen LogP contribution in [0.15, 0.2) is 72.1 Å². The monoisotopic (exact) mass is 389 g/mol. The van der Waals surface area contributed by atoms with E-state index in [1.807, 2.05) is 30.5 Å². The molecule has 0 aliphatic carbocycles. The Morgan fingerprint density at radius 3 is 2.64 bits per heavy atom. The third kappa shape index (κ3) is 3.77. The van der Waals surface area contributed by atoms with Gasteiger partial charge in [-0.25, -0.2) is 9.78 Å². The molecule has 0 fully saturated rings. The zero-order valence-corrected chi connectivity index (χ0v) is 16.2. The number of benzene rings is 2. The average molecular weight is 389 g/mol. The van der Waals surface area contributed by atoms with Crippen molar-refractivity contribution in [2.45, 2.75) is 24.4 Å². The first-order chi connectivity index (χ1) is 13.6. The minimum atomic E-state index is -0.918. The van der Waals surface area contributed by atoms with Gasteiger partial charge in [0.25, 0.3) is 0 Å². The molecule has 28 heavy (non-hydrogen) atoms. The molecule has 2 aromatic carbocycles. The summed E-state index contributed by atoms with van der Waals surface area (Å²) in [7, 11) is 0. The smallest absolute Gasteiger partial charge is 0.335 e. The molecule has 0 aliphatic heterocycles. The SMILES string of the molecule is Cc1ccccc1CSc1nc2ccncc2n1Cc1ccc(C(=O)O)cc1. The summed E-state index contributed by atoms with van der Waals surface area (Å²) in [6.45, 7) is 2.73. The van der Waals surface area contributed by atoms with E-state index in [-0.39, 0.29) is 5.56 Å². The molecule has 0 spiro atoms. The van der Waals surface area contributed by atoms with Gasteiger partial charge < -0.3 is 9.67 Å². The Morgan fingerprint density at radius 1 is 1.11 bits per heavy atom. The van der Waals surface area contributed by atoms with Crippen LogP contribution in [0.1, 0.15) is 27.0 Å². The minimum Gasteiger partial charge on any atom is -0.478 e. The van der Waals surface area contributed by atoms with Gasteiger partial charge in [0.2, 0.25) is 0 Å². The van der Waals surface area contributed by atoms with Crippen molar-refractivity contribution in [1.29, 1.82) is 0 Å². The number of carboxylic acids is 1. The number of thioether (sulfide) groups is 1. The number of pyridine rings is 1. The normalized spacial score (nSPS) is 11.0. The predicted octanol–water partition coefficient (Wildman–Crippen LogP) is 4.78. The largest absolute Gasteiger partial charge is 0.478 e. The highest BCUT2D eigenvalue weighted by atomic mass is 32.2. The van der Waals surface area contributed by atoms with Crippen LogP contribution in [0.25, 0.3) is 11.0 Å². The van der Waals surface area contributed by atoms with Crippen molar-refractivity contribution in [3.05, 3.63) is 89.2 Å². The van der Waals surface area contributed by atoms with Gasteiger partial charge in [-0.05, 0) is 41.8 Å². The summed E-state index contributed by atoms with van der Waals surface area (Å²) in [6, 6.07) is 17.2. The van der Waals surface area contributed by atoms with Crippen LogP contribution in [0.3, 0.4) is 0 Å². The fourth-order valence-corrected chi connectivity index (χ4v) is 4.15. The summed E-state index contributed by atoms with van der Waals surface area (Å²) in [5, 5.41) is 10.0. The number of imidazole rings is 1. The van der Waals surface area contributed by atoms with Crippen molar-refractivity contribution in [3.8, 4) is 0 Å². The number of carbonyl (C=O) groups is 1. The summed E-state index contributed by atoms with van der Waals surface area (Å²) in [6.07, 6.45) is 3.57. The van der Waals surface area contributed by atoms with Gasteiger partial charge in [0.15, 0.2) is 5.16 Å². The van der Waals surface area contributed by atoms with E-state index in [2.05, 4.69) is 34.7 Å². The van der Waals surface area contributed by atoms with Crippen LogP contribution in [0, 0.1) is 6.92 Å². The van der Waals surface area contributed by atoms with Gasteiger partial charge in [0.05, 0.1) is 29.3 Å². The second-order valence-electron chi connectivity index (χ2n) is 6.56. The quantitative estimate of drug-likeness (QED) is 0.481. The van der Waals surface area contributed by atoms with E-state index in [1.165, 1.54) is 11.1 Å². The standard InChI is InChI=1S/C22H19N3O2S/c1-15-4-2-3-5-18(15)14-28-22-24-19-10-11-23-12-20(19)25(22)13-16-6-8-17(9-7-16)21(26)27/h2-12H,13-14H2,1H3,(H,26,27). The molecular formula is C22H19N3O2S. The number of aryl methyl sites for hydroxylation is 1. The minimum absolute atomic E-state index is 0.287. The number of aromatic nitrogens is 3. The zero-order valence-electron chi connectivity index (χ0n) is 15.4.